The molecule has 2 heterocycles. The molecule has 0 radical (unpaired) electrons. The maximum absolute atomic E-state index is 12.9. The van der Waals surface area contributed by atoms with Gasteiger partial charge in [-0.1, -0.05) is 35.5 Å². The monoisotopic (exact) mass is 327 g/mol. The summed E-state index contributed by atoms with van der Waals surface area (Å²) in [4.78, 5) is 19.8. The van der Waals surface area contributed by atoms with Gasteiger partial charge in [-0.3, -0.25) is 4.79 Å². The number of hydrogen-bond acceptors (Lipinski definition) is 5. The van der Waals surface area contributed by atoms with Crippen LogP contribution in [0.2, 0.25) is 0 Å². The molecule has 1 aromatic carbocycles. The predicted molar refractivity (Wildman–Crippen MR) is 89.3 cm³/mol. The van der Waals surface area contributed by atoms with Crippen LogP contribution in [0.25, 0.3) is 11.3 Å². The number of rotatable bonds is 4. The van der Waals surface area contributed by atoms with Gasteiger partial charge in [0.25, 0.3) is 5.91 Å². The quantitative estimate of drug-likeness (QED) is 0.728. The number of hydrogen-bond donors (Lipinski definition) is 0. The Morgan fingerprint density at radius 2 is 2.00 bits per heavy atom. The Hall–Kier alpha value is -2.47. The molecule has 0 bridgehead atoms. The number of carbonyl (C=O) groups excluding carboxylic acids is 1. The fourth-order valence-electron chi connectivity index (χ4n) is 2.34. The minimum absolute atomic E-state index is 0.0649. The highest BCUT2D eigenvalue weighted by Gasteiger charge is 2.25. The largest absolute Gasteiger partial charge is 0.364 e. The molecule has 0 aliphatic rings. The summed E-state index contributed by atoms with van der Waals surface area (Å²) in [6, 6.07) is 11.4. The minimum Gasteiger partial charge on any atom is -0.364 e. The van der Waals surface area contributed by atoms with Crippen LogP contribution < -0.4 is 0 Å². The number of aryl methyl sites for hydroxylation is 1. The molecule has 3 rings (SSSR count). The molecule has 23 heavy (non-hydrogen) atoms. The van der Waals surface area contributed by atoms with E-state index in [1.165, 1.54) is 17.6 Å². The van der Waals surface area contributed by atoms with E-state index in [1.807, 2.05) is 44.2 Å². The zero-order valence-corrected chi connectivity index (χ0v) is 14.0. The molecule has 3 aromatic rings. The van der Waals surface area contributed by atoms with E-state index in [0.717, 1.165) is 22.0 Å². The van der Waals surface area contributed by atoms with Gasteiger partial charge < -0.3 is 9.42 Å². The summed E-state index contributed by atoms with van der Waals surface area (Å²) < 4.78 is 4.87. The average molecular weight is 327 g/mol. The summed E-state index contributed by atoms with van der Waals surface area (Å²) in [6.45, 7) is 3.83. The smallest absolute Gasteiger partial charge is 0.266 e. The predicted octanol–water partition coefficient (Wildman–Crippen LogP) is 3.94. The topological polar surface area (TPSA) is 59.2 Å². The van der Waals surface area contributed by atoms with Crippen LogP contribution in [0.4, 0.5) is 0 Å². The van der Waals surface area contributed by atoms with E-state index in [0.29, 0.717) is 4.88 Å². The van der Waals surface area contributed by atoms with Crippen LogP contribution in [-0.4, -0.2) is 28.0 Å². The Kier molecular flexibility index (Phi) is 4.25. The highest BCUT2D eigenvalue weighted by Crippen LogP contribution is 2.30. The highest BCUT2D eigenvalue weighted by atomic mass is 32.1. The molecule has 0 fully saturated rings. The summed E-state index contributed by atoms with van der Waals surface area (Å²) in [5, 5.41) is 4.79. The average Bonchev–Trinajstić information content (AvgIpc) is 3.23. The Bertz CT molecular complexity index is 797. The zero-order chi connectivity index (χ0) is 16.4. The van der Waals surface area contributed by atoms with Gasteiger partial charge in [-0.2, -0.15) is 0 Å². The van der Waals surface area contributed by atoms with Crippen molar-refractivity contribution >= 4 is 17.2 Å². The van der Waals surface area contributed by atoms with Gasteiger partial charge in [-0.25, -0.2) is 4.98 Å². The van der Waals surface area contributed by atoms with Crippen molar-refractivity contribution in [3.63, 3.8) is 0 Å². The number of aromatic nitrogens is 2. The highest BCUT2D eigenvalue weighted by molar-refractivity contribution is 7.14. The van der Waals surface area contributed by atoms with E-state index in [-0.39, 0.29) is 11.9 Å². The van der Waals surface area contributed by atoms with Crippen LogP contribution in [0.3, 0.4) is 0 Å². The van der Waals surface area contributed by atoms with Crippen molar-refractivity contribution in [1.82, 2.24) is 15.0 Å². The van der Waals surface area contributed by atoms with Crippen molar-refractivity contribution < 1.29 is 9.32 Å². The van der Waals surface area contributed by atoms with E-state index >= 15 is 0 Å². The van der Waals surface area contributed by atoms with Crippen LogP contribution in [0.15, 0.2) is 47.2 Å². The van der Waals surface area contributed by atoms with Crippen molar-refractivity contribution in [3.05, 3.63) is 58.2 Å². The van der Waals surface area contributed by atoms with Gasteiger partial charge in [-0.15, -0.1) is 11.3 Å². The Morgan fingerprint density at radius 3 is 2.65 bits per heavy atom. The van der Waals surface area contributed by atoms with Gasteiger partial charge >= 0.3 is 0 Å². The minimum atomic E-state index is -0.174. The third kappa shape index (κ3) is 3.03. The van der Waals surface area contributed by atoms with E-state index in [4.69, 9.17) is 4.52 Å². The lowest BCUT2D eigenvalue weighted by Gasteiger charge is -2.22. The normalized spacial score (nSPS) is 12.1. The van der Waals surface area contributed by atoms with Gasteiger partial charge in [0.15, 0.2) is 0 Å². The molecule has 0 spiro atoms. The zero-order valence-electron chi connectivity index (χ0n) is 13.2. The second kappa shape index (κ2) is 6.34. The number of thiazole rings is 1. The third-order valence-electron chi connectivity index (χ3n) is 3.76. The number of carbonyl (C=O) groups is 1. The molecule has 1 unspecified atom stereocenters. The SMILES string of the molecule is Cc1nc(-c2ccccc2)c(C(=O)N(C)C(C)c2ccon2)s1. The van der Waals surface area contributed by atoms with Gasteiger partial charge in [0.1, 0.15) is 16.8 Å². The fraction of sp³-hybridized carbons (Fsp3) is 0.235. The van der Waals surface area contributed by atoms with Gasteiger partial charge in [-0.05, 0) is 13.8 Å². The van der Waals surface area contributed by atoms with Crippen molar-refractivity contribution in [2.45, 2.75) is 19.9 Å². The summed E-state index contributed by atoms with van der Waals surface area (Å²) in [7, 11) is 1.77. The van der Waals surface area contributed by atoms with Crippen molar-refractivity contribution in [2.24, 2.45) is 0 Å². The summed E-state index contributed by atoms with van der Waals surface area (Å²) >= 11 is 1.41. The van der Waals surface area contributed by atoms with Crippen molar-refractivity contribution in [2.75, 3.05) is 7.05 Å². The number of nitrogens with zero attached hydrogens (tertiary/aromatic N) is 3. The van der Waals surface area contributed by atoms with E-state index in [9.17, 15) is 4.79 Å². The molecule has 0 saturated heterocycles. The number of benzene rings is 1. The Morgan fingerprint density at radius 1 is 1.26 bits per heavy atom. The first kappa shape index (κ1) is 15.4. The third-order valence-corrected chi connectivity index (χ3v) is 4.72. The van der Waals surface area contributed by atoms with Crippen LogP contribution in [-0.2, 0) is 0 Å². The van der Waals surface area contributed by atoms with E-state index in [2.05, 4.69) is 10.1 Å². The molecular formula is C17H17N3O2S. The summed E-state index contributed by atoms with van der Waals surface area (Å²) in [5.41, 5.74) is 2.41. The second-order valence-corrected chi connectivity index (χ2v) is 6.50. The van der Waals surface area contributed by atoms with Gasteiger partial charge in [0.05, 0.1) is 16.7 Å². The molecule has 0 aliphatic carbocycles. The molecule has 0 aliphatic heterocycles. The molecule has 5 nitrogen and oxygen atoms in total. The van der Waals surface area contributed by atoms with E-state index in [1.54, 1.807) is 18.0 Å². The number of amides is 1. The second-order valence-electron chi connectivity index (χ2n) is 5.29. The lowest BCUT2D eigenvalue weighted by Crippen LogP contribution is -2.29. The molecule has 1 amide bonds. The Labute approximate surface area is 138 Å². The van der Waals surface area contributed by atoms with Gasteiger partial charge in [0, 0.05) is 18.7 Å². The molecule has 0 N–H and O–H groups in total. The standard InChI is InChI=1S/C17H17N3O2S/c1-11(14-9-10-22-19-14)20(3)17(21)16-15(18-12(2)23-16)13-7-5-4-6-8-13/h4-11H,1-3H3. The summed E-state index contributed by atoms with van der Waals surface area (Å²) in [6.07, 6.45) is 1.51. The van der Waals surface area contributed by atoms with Crippen LogP contribution in [0.1, 0.15) is 33.3 Å². The molecule has 6 heteroatoms. The first-order valence-electron chi connectivity index (χ1n) is 7.28. The van der Waals surface area contributed by atoms with Crippen LogP contribution in [0, 0.1) is 6.92 Å². The molecule has 118 valence electrons. The molecule has 0 saturated carbocycles. The maximum Gasteiger partial charge on any atom is 0.266 e. The maximum atomic E-state index is 12.9. The van der Waals surface area contributed by atoms with E-state index < -0.39 is 0 Å². The van der Waals surface area contributed by atoms with Crippen molar-refractivity contribution in [3.8, 4) is 11.3 Å². The Balaban J connectivity index is 1.94. The first-order valence-corrected chi connectivity index (χ1v) is 8.10. The van der Waals surface area contributed by atoms with Crippen LogP contribution >= 0.6 is 11.3 Å². The lowest BCUT2D eigenvalue weighted by molar-refractivity contribution is 0.0743. The van der Waals surface area contributed by atoms with Crippen molar-refractivity contribution in [1.29, 1.82) is 0 Å². The molecular weight excluding hydrogens is 310 g/mol. The summed E-state index contributed by atoms with van der Waals surface area (Å²) in [5.74, 6) is -0.0649. The fourth-order valence-corrected chi connectivity index (χ4v) is 3.26. The lowest BCUT2D eigenvalue weighted by atomic mass is 10.1. The molecule has 1 atom stereocenters. The van der Waals surface area contributed by atoms with Gasteiger partial charge in [0.2, 0.25) is 0 Å². The van der Waals surface area contributed by atoms with Crippen LogP contribution in [0.5, 0.6) is 0 Å². The molecule has 2 aromatic heterocycles. The first-order chi connectivity index (χ1) is 11.1.